The first-order chi connectivity index (χ1) is 4.43. The third-order valence-corrected chi connectivity index (χ3v) is 2.94. The first kappa shape index (κ1) is 6.96. The molecular weight excluding hydrogens is 152 g/mol. The second-order valence-corrected chi connectivity index (χ2v) is 3.70. The Balaban J connectivity index is 2.47. The average molecular weight is 157 g/mol. The molecule has 0 bridgehead atoms. The van der Waals surface area contributed by atoms with Gasteiger partial charge in [0.05, 0.1) is 0 Å². The maximum absolute atomic E-state index is 9.86. The predicted molar refractivity (Wildman–Crippen MR) is 42.7 cm³/mol. The summed E-state index contributed by atoms with van der Waals surface area (Å²) in [5.41, 5.74) is 0. The van der Waals surface area contributed by atoms with Gasteiger partial charge in [-0.1, -0.05) is 33.7 Å². The maximum Gasteiger partial charge on any atom is 0.203 e. The molecule has 1 heterocycles. The number of carbonyl (C=O) groups excluding carboxylic acids is 1. The van der Waals surface area contributed by atoms with Gasteiger partial charge in [-0.25, -0.2) is 0 Å². The molecule has 0 saturated heterocycles. The van der Waals surface area contributed by atoms with E-state index in [0.29, 0.717) is 6.42 Å². The summed E-state index contributed by atoms with van der Waals surface area (Å²) in [5, 5.41) is 1.99. The summed E-state index contributed by atoms with van der Waals surface area (Å²) in [6, 6.07) is 0. The summed E-state index contributed by atoms with van der Waals surface area (Å²) in [7, 11) is 3.25. The van der Waals surface area contributed by atoms with Gasteiger partial charge in [0, 0.05) is 11.3 Å². The van der Waals surface area contributed by atoms with Crippen LogP contribution in [-0.4, -0.2) is 6.29 Å². The van der Waals surface area contributed by atoms with Gasteiger partial charge in [0.15, 0.2) is 0 Å². The minimum Gasteiger partial charge on any atom is -0.290 e. The summed E-state index contributed by atoms with van der Waals surface area (Å²) in [5.74, 6) is 0. The molecule has 0 saturated carbocycles. The highest BCUT2D eigenvalue weighted by atomic mass is 33.1. The van der Waals surface area contributed by atoms with Gasteiger partial charge in [-0.15, -0.1) is 0 Å². The molecule has 0 aliphatic carbocycles. The minimum absolute atomic E-state index is 0.433. The summed E-state index contributed by atoms with van der Waals surface area (Å²) >= 11 is 0. The van der Waals surface area contributed by atoms with Gasteiger partial charge in [0.25, 0.3) is 0 Å². The van der Waals surface area contributed by atoms with Crippen LogP contribution in [0.1, 0.15) is 6.42 Å². The molecule has 9 heavy (non-hydrogen) atoms. The highest BCUT2D eigenvalue weighted by Crippen LogP contribution is 2.35. The second-order valence-electron chi connectivity index (χ2n) is 1.46. The molecule has 0 aromatic carbocycles. The fourth-order valence-corrected chi connectivity index (χ4v) is 2.10. The van der Waals surface area contributed by atoms with Crippen LogP contribution in [0.2, 0.25) is 0 Å². The molecule has 0 atom stereocenters. The smallest absolute Gasteiger partial charge is 0.203 e. The first-order valence-corrected chi connectivity index (χ1v) is 4.69. The lowest BCUT2D eigenvalue weighted by Gasteiger charge is -2.00. The van der Waals surface area contributed by atoms with Gasteiger partial charge in [-0.2, -0.15) is 0 Å². The molecule has 0 aromatic rings. The van der Waals surface area contributed by atoms with E-state index in [1.807, 2.05) is 23.8 Å². The van der Waals surface area contributed by atoms with Crippen LogP contribution in [0.25, 0.3) is 0 Å². The van der Waals surface area contributed by atoms with Gasteiger partial charge >= 0.3 is 0 Å². The van der Waals surface area contributed by atoms with Crippen LogP contribution in [0, 0.1) is 0 Å². The molecule has 1 rings (SSSR count). The Hall–Kier alpha value is -0.150. The number of hydrogen-bond donors (Lipinski definition) is 0. The van der Waals surface area contributed by atoms with Crippen molar-refractivity contribution >= 4 is 27.9 Å². The third-order valence-electron chi connectivity index (χ3n) is 0.818. The monoisotopic (exact) mass is 157 g/mol. The van der Waals surface area contributed by atoms with Crippen LogP contribution < -0.4 is 0 Å². The molecule has 0 fully saturated rings. The van der Waals surface area contributed by atoms with Gasteiger partial charge in [0.2, 0.25) is 6.29 Å². The summed E-state index contributed by atoms with van der Waals surface area (Å²) in [6.07, 6.45) is 6.16. The Labute approximate surface area is 62.0 Å². The zero-order valence-electron chi connectivity index (χ0n) is 4.66. The topological polar surface area (TPSA) is 17.1 Å². The van der Waals surface area contributed by atoms with Crippen molar-refractivity contribution in [1.29, 1.82) is 0 Å². The van der Waals surface area contributed by atoms with Crippen LogP contribution in [0.3, 0.4) is 0 Å². The fraction of sp³-hybridized carbons (Fsp3) is 0.167. The zero-order valence-corrected chi connectivity index (χ0v) is 6.30. The molecule has 1 aliphatic heterocycles. The maximum atomic E-state index is 9.86. The zero-order chi connectivity index (χ0) is 6.53. The Morgan fingerprint density at radius 2 is 2.56 bits per heavy atom. The van der Waals surface area contributed by atoms with Crippen LogP contribution in [0.5, 0.6) is 0 Å². The molecule has 0 unspecified atom stereocenters. The van der Waals surface area contributed by atoms with Crippen molar-refractivity contribution < 1.29 is 4.79 Å². The van der Waals surface area contributed by atoms with Crippen molar-refractivity contribution in [3.05, 3.63) is 22.5 Å². The van der Waals surface area contributed by atoms with E-state index >= 15 is 0 Å². The Morgan fingerprint density at radius 3 is 3.11 bits per heavy atom. The van der Waals surface area contributed by atoms with E-state index in [1.54, 1.807) is 21.6 Å². The van der Waals surface area contributed by atoms with Gasteiger partial charge in [-0.05, 0) is 5.41 Å². The fourth-order valence-electron chi connectivity index (χ4n) is 0.456. The van der Waals surface area contributed by atoms with Crippen LogP contribution >= 0.6 is 21.6 Å². The highest BCUT2D eigenvalue weighted by Gasteiger charge is 1.98. The highest BCUT2D eigenvalue weighted by molar-refractivity contribution is 8.79. The normalized spacial score (nSPS) is 17.1. The van der Waals surface area contributed by atoms with E-state index < -0.39 is 0 Å². The molecule has 0 aromatic heterocycles. The lowest BCUT2D eigenvalue weighted by molar-refractivity contribution is 0.556. The lowest BCUT2D eigenvalue weighted by Crippen LogP contribution is -1.77. The number of rotatable bonds is 2. The van der Waals surface area contributed by atoms with Crippen molar-refractivity contribution in [1.82, 2.24) is 0 Å². The molecular formula is C6H5OS2. The minimum atomic E-state index is 0.433. The van der Waals surface area contributed by atoms with E-state index in [-0.39, 0.29) is 0 Å². The van der Waals surface area contributed by atoms with E-state index in [9.17, 15) is 4.79 Å². The molecule has 0 amide bonds. The Bertz CT molecular complexity index is 160. The second kappa shape index (κ2) is 3.80. The molecule has 0 N–H and O–H groups in total. The van der Waals surface area contributed by atoms with Gasteiger partial charge in [-0.3, -0.25) is 4.79 Å². The summed E-state index contributed by atoms with van der Waals surface area (Å²) in [4.78, 5) is 10.9. The van der Waals surface area contributed by atoms with E-state index in [1.165, 1.54) is 0 Å². The molecule has 0 spiro atoms. The van der Waals surface area contributed by atoms with Crippen LogP contribution in [0.4, 0.5) is 0 Å². The summed E-state index contributed by atoms with van der Waals surface area (Å²) < 4.78 is 0. The molecule has 3 heteroatoms. The van der Waals surface area contributed by atoms with Crippen molar-refractivity contribution in [2.24, 2.45) is 0 Å². The predicted octanol–water partition coefficient (Wildman–Crippen LogP) is 2.28. The van der Waals surface area contributed by atoms with Crippen molar-refractivity contribution in [3.8, 4) is 0 Å². The van der Waals surface area contributed by atoms with Crippen LogP contribution in [0.15, 0.2) is 22.5 Å². The molecule has 1 nitrogen and oxygen atoms in total. The molecule has 47 valence electrons. The van der Waals surface area contributed by atoms with Gasteiger partial charge < -0.3 is 0 Å². The van der Waals surface area contributed by atoms with Gasteiger partial charge in [0.1, 0.15) is 0 Å². The standard InChI is InChI=1S/C6H5OS2/c7-4-3-6-2-1-5-8-9-6/h1-2,5H,3H2. The quantitative estimate of drug-likeness (QED) is 0.572. The SMILES string of the molecule is O=[C]CC1=CC=CSS1. The summed E-state index contributed by atoms with van der Waals surface area (Å²) in [6.45, 7) is 0. The molecule has 1 radical (unpaired) electrons. The Kier molecular flexibility index (Phi) is 2.94. The lowest BCUT2D eigenvalue weighted by atomic mass is 10.4. The number of allylic oxidation sites excluding steroid dienone is 3. The van der Waals surface area contributed by atoms with Crippen molar-refractivity contribution in [2.75, 3.05) is 0 Å². The van der Waals surface area contributed by atoms with Crippen LogP contribution in [-0.2, 0) is 4.79 Å². The van der Waals surface area contributed by atoms with Crippen molar-refractivity contribution in [2.45, 2.75) is 6.42 Å². The average Bonchev–Trinajstić information content (AvgIpc) is 1.91. The Morgan fingerprint density at radius 1 is 1.67 bits per heavy atom. The number of hydrogen-bond acceptors (Lipinski definition) is 3. The molecule has 1 aliphatic rings. The van der Waals surface area contributed by atoms with Crippen molar-refractivity contribution in [3.63, 3.8) is 0 Å². The van der Waals surface area contributed by atoms with E-state index in [2.05, 4.69) is 0 Å². The largest absolute Gasteiger partial charge is 0.290 e. The first-order valence-electron chi connectivity index (χ1n) is 2.47. The third kappa shape index (κ3) is 2.28. The van der Waals surface area contributed by atoms with E-state index in [4.69, 9.17) is 0 Å². The van der Waals surface area contributed by atoms with E-state index in [0.717, 1.165) is 4.91 Å².